The quantitative estimate of drug-likeness (QED) is 0.646. The Morgan fingerprint density at radius 1 is 1.39 bits per heavy atom. The molecule has 0 atom stereocenters. The van der Waals surface area contributed by atoms with Crippen LogP contribution in [0.25, 0.3) is 5.69 Å². The minimum Gasteiger partial charge on any atom is -0.313 e. The second-order valence-electron chi connectivity index (χ2n) is 3.85. The first-order valence-corrected chi connectivity index (χ1v) is 5.70. The summed E-state index contributed by atoms with van der Waals surface area (Å²) in [6.45, 7) is 3.72. The van der Waals surface area contributed by atoms with E-state index in [1.165, 1.54) is 12.1 Å². The number of nitro benzene ring substituents is 1. The summed E-state index contributed by atoms with van der Waals surface area (Å²) in [4.78, 5) is 10.1. The van der Waals surface area contributed by atoms with Crippen molar-refractivity contribution in [2.24, 2.45) is 0 Å². The van der Waals surface area contributed by atoms with Crippen LogP contribution in [-0.2, 0) is 6.54 Å². The van der Waals surface area contributed by atoms with Gasteiger partial charge in [-0.05, 0) is 18.7 Å². The van der Waals surface area contributed by atoms with E-state index in [-0.39, 0.29) is 5.69 Å². The van der Waals surface area contributed by atoms with Crippen LogP contribution >= 0.6 is 0 Å². The Balaban J connectivity index is 2.15. The molecule has 94 valence electrons. The highest BCUT2D eigenvalue weighted by atomic mass is 16.6. The van der Waals surface area contributed by atoms with Crippen molar-refractivity contribution < 1.29 is 4.92 Å². The Morgan fingerprint density at radius 2 is 2.11 bits per heavy atom. The van der Waals surface area contributed by atoms with Crippen molar-refractivity contribution in [3.05, 3.63) is 52.3 Å². The van der Waals surface area contributed by atoms with Crippen LogP contribution in [0, 0.1) is 10.1 Å². The van der Waals surface area contributed by atoms with Crippen molar-refractivity contribution in [2.75, 3.05) is 6.54 Å². The number of hydrogen-bond donors (Lipinski definition) is 1. The van der Waals surface area contributed by atoms with E-state index in [0.717, 1.165) is 24.3 Å². The summed E-state index contributed by atoms with van der Waals surface area (Å²) in [7, 11) is 0. The Morgan fingerprint density at radius 3 is 2.72 bits per heavy atom. The standard InChI is InChI=1S/C12H14N4O2/c1-2-13-7-10-8-14-15(9-10)11-3-5-12(6-4-11)16(17)18/h3-6,8-9,13H,2,7H2,1H3. The van der Waals surface area contributed by atoms with Crippen molar-refractivity contribution in [2.45, 2.75) is 13.5 Å². The average molecular weight is 246 g/mol. The van der Waals surface area contributed by atoms with Gasteiger partial charge in [-0.1, -0.05) is 6.92 Å². The lowest BCUT2D eigenvalue weighted by Crippen LogP contribution is -2.10. The zero-order valence-electron chi connectivity index (χ0n) is 10.0. The fraction of sp³-hybridized carbons (Fsp3) is 0.250. The summed E-state index contributed by atoms with van der Waals surface area (Å²) in [6.07, 6.45) is 3.69. The van der Waals surface area contributed by atoms with E-state index in [9.17, 15) is 10.1 Å². The van der Waals surface area contributed by atoms with Crippen molar-refractivity contribution in [1.82, 2.24) is 15.1 Å². The maximum atomic E-state index is 10.5. The van der Waals surface area contributed by atoms with Gasteiger partial charge in [-0.3, -0.25) is 10.1 Å². The molecule has 1 aromatic carbocycles. The summed E-state index contributed by atoms with van der Waals surface area (Å²) in [5.74, 6) is 0. The molecule has 1 N–H and O–H groups in total. The third-order valence-corrected chi connectivity index (χ3v) is 2.54. The highest BCUT2D eigenvalue weighted by Gasteiger charge is 2.05. The largest absolute Gasteiger partial charge is 0.313 e. The number of nitrogens with zero attached hydrogens (tertiary/aromatic N) is 3. The minimum absolute atomic E-state index is 0.0822. The minimum atomic E-state index is -0.413. The van der Waals surface area contributed by atoms with Crippen molar-refractivity contribution in [3.63, 3.8) is 0 Å². The molecule has 0 saturated carbocycles. The Hall–Kier alpha value is -2.21. The first-order chi connectivity index (χ1) is 8.70. The van der Waals surface area contributed by atoms with Gasteiger partial charge in [0.25, 0.3) is 5.69 Å². The average Bonchev–Trinajstić information content (AvgIpc) is 2.85. The van der Waals surface area contributed by atoms with Crippen molar-refractivity contribution >= 4 is 5.69 Å². The number of hydrogen-bond acceptors (Lipinski definition) is 4. The summed E-state index contributed by atoms with van der Waals surface area (Å²) < 4.78 is 1.70. The highest BCUT2D eigenvalue weighted by Crippen LogP contribution is 2.15. The molecule has 0 saturated heterocycles. The molecule has 1 aromatic heterocycles. The van der Waals surface area contributed by atoms with E-state index in [2.05, 4.69) is 10.4 Å². The predicted octanol–water partition coefficient (Wildman–Crippen LogP) is 1.89. The second kappa shape index (κ2) is 5.42. The molecule has 6 nitrogen and oxygen atoms in total. The normalized spacial score (nSPS) is 10.5. The summed E-state index contributed by atoms with van der Waals surface area (Å²) in [5.41, 5.74) is 1.97. The van der Waals surface area contributed by atoms with Crippen LogP contribution in [0.1, 0.15) is 12.5 Å². The molecule has 6 heteroatoms. The van der Waals surface area contributed by atoms with E-state index >= 15 is 0 Å². The molecular weight excluding hydrogens is 232 g/mol. The molecule has 0 radical (unpaired) electrons. The summed E-state index contributed by atoms with van der Waals surface area (Å²) >= 11 is 0. The van der Waals surface area contributed by atoms with Crippen molar-refractivity contribution in [3.8, 4) is 5.69 Å². The van der Waals surface area contributed by atoms with Gasteiger partial charge in [-0.25, -0.2) is 4.68 Å². The fourth-order valence-corrected chi connectivity index (χ4v) is 1.59. The van der Waals surface area contributed by atoms with Crippen LogP contribution in [0.4, 0.5) is 5.69 Å². The number of nitro groups is 1. The molecule has 0 bridgehead atoms. The van der Waals surface area contributed by atoms with Gasteiger partial charge >= 0.3 is 0 Å². The smallest absolute Gasteiger partial charge is 0.269 e. The fourth-order valence-electron chi connectivity index (χ4n) is 1.59. The highest BCUT2D eigenvalue weighted by molar-refractivity contribution is 5.40. The number of non-ortho nitro benzene ring substituents is 1. The molecular formula is C12H14N4O2. The molecule has 0 aliphatic rings. The van der Waals surface area contributed by atoms with E-state index in [4.69, 9.17) is 0 Å². The van der Waals surface area contributed by atoms with Gasteiger partial charge in [-0.2, -0.15) is 5.10 Å². The maximum absolute atomic E-state index is 10.5. The van der Waals surface area contributed by atoms with Gasteiger partial charge in [0.1, 0.15) is 0 Å². The SMILES string of the molecule is CCNCc1cnn(-c2ccc([N+](=O)[O-])cc2)c1. The monoisotopic (exact) mass is 246 g/mol. The summed E-state index contributed by atoms with van der Waals surface area (Å²) in [5, 5.41) is 18.0. The molecule has 0 unspecified atom stereocenters. The lowest BCUT2D eigenvalue weighted by molar-refractivity contribution is -0.384. The third kappa shape index (κ3) is 2.72. The molecule has 0 aliphatic carbocycles. The van der Waals surface area contributed by atoms with Gasteiger partial charge in [0.15, 0.2) is 0 Å². The van der Waals surface area contributed by atoms with Crippen LogP contribution in [-0.4, -0.2) is 21.2 Å². The number of nitrogens with one attached hydrogen (secondary N) is 1. The molecule has 2 rings (SSSR count). The van der Waals surface area contributed by atoms with Gasteiger partial charge in [-0.15, -0.1) is 0 Å². The van der Waals surface area contributed by atoms with Crippen LogP contribution in [0.2, 0.25) is 0 Å². The summed E-state index contributed by atoms with van der Waals surface area (Å²) in [6, 6.07) is 6.31. The topological polar surface area (TPSA) is 73.0 Å². The van der Waals surface area contributed by atoms with Crippen LogP contribution in [0.15, 0.2) is 36.7 Å². The Kier molecular flexibility index (Phi) is 3.69. The predicted molar refractivity (Wildman–Crippen MR) is 67.6 cm³/mol. The van der Waals surface area contributed by atoms with Crippen LogP contribution in [0.5, 0.6) is 0 Å². The van der Waals surface area contributed by atoms with Gasteiger partial charge in [0.2, 0.25) is 0 Å². The molecule has 0 spiro atoms. The number of benzene rings is 1. The molecule has 0 aliphatic heterocycles. The molecule has 1 heterocycles. The Labute approximate surface area is 104 Å². The lowest BCUT2D eigenvalue weighted by atomic mass is 10.3. The zero-order chi connectivity index (χ0) is 13.0. The van der Waals surface area contributed by atoms with Crippen LogP contribution in [0.3, 0.4) is 0 Å². The first kappa shape index (κ1) is 12.3. The van der Waals surface area contributed by atoms with Crippen molar-refractivity contribution in [1.29, 1.82) is 0 Å². The Bertz CT molecular complexity index is 533. The lowest BCUT2D eigenvalue weighted by Gasteiger charge is -2.00. The zero-order valence-corrected chi connectivity index (χ0v) is 10.0. The maximum Gasteiger partial charge on any atom is 0.269 e. The van der Waals surface area contributed by atoms with Gasteiger partial charge < -0.3 is 5.32 Å². The van der Waals surface area contributed by atoms with Gasteiger partial charge in [0, 0.05) is 30.4 Å². The second-order valence-corrected chi connectivity index (χ2v) is 3.85. The van der Waals surface area contributed by atoms with E-state index in [1.807, 2.05) is 13.1 Å². The third-order valence-electron chi connectivity index (χ3n) is 2.54. The first-order valence-electron chi connectivity index (χ1n) is 5.70. The van der Waals surface area contributed by atoms with Gasteiger partial charge in [0.05, 0.1) is 16.8 Å². The van der Waals surface area contributed by atoms with E-state index < -0.39 is 4.92 Å². The van der Waals surface area contributed by atoms with Crippen LogP contribution < -0.4 is 5.32 Å². The van der Waals surface area contributed by atoms with E-state index in [0.29, 0.717) is 0 Å². The molecule has 0 fully saturated rings. The molecule has 18 heavy (non-hydrogen) atoms. The van der Waals surface area contributed by atoms with E-state index in [1.54, 1.807) is 23.0 Å². The number of aromatic nitrogens is 2. The number of rotatable bonds is 5. The molecule has 0 amide bonds. The molecule has 2 aromatic rings.